The van der Waals surface area contributed by atoms with Crippen molar-refractivity contribution in [2.75, 3.05) is 18.6 Å². The zero-order valence-electron chi connectivity index (χ0n) is 21.0. The van der Waals surface area contributed by atoms with Crippen molar-refractivity contribution in [3.63, 3.8) is 0 Å². The zero-order chi connectivity index (χ0) is 26.3. The number of carbonyl (C=O) groups excluding carboxylic acids is 1. The van der Waals surface area contributed by atoms with Crippen LogP contribution in [0.2, 0.25) is 0 Å². The first-order valence-corrected chi connectivity index (χ1v) is 13.1. The Balaban J connectivity index is 1.80. The predicted octanol–water partition coefficient (Wildman–Crippen LogP) is 3.50. The van der Waals surface area contributed by atoms with Gasteiger partial charge in [-0.2, -0.15) is 0 Å². The SMILES string of the molecule is COc1cc(-c2ccc(C(=O)NS(=O)(=O)c3ccc[nH]c3=O)c(N3C[C@@H](C)CC3(C)C)n2)ccc1C. The van der Waals surface area contributed by atoms with Gasteiger partial charge in [0, 0.05) is 23.8 Å². The van der Waals surface area contributed by atoms with Crippen LogP contribution in [0.15, 0.2) is 58.4 Å². The third-order valence-corrected chi connectivity index (χ3v) is 7.81. The Labute approximate surface area is 210 Å². The Bertz CT molecular complexity index is 1480. The number of hydrogen-bond donors (Lipinski definition) is 2. The molecule has 0 aliphatic carbocycles. The molecular formula is C26H30N4O5S. The van der Waals surface area contributed by atoms with Crippen LogP contribution in [0.4, 0.5) is 5.82 Å². The van der Waals surface area contributed by atoms with Gasteiger partial charge in [0.15, 0.2) is 4.90 Å². The largest absolute Gasteiger partial charge is 0.496 e. The van der Waals surface area contributed by atoms with Crippen molar-refractivity contribution in [2.24, 2.45) is 5.92 Å². The van der Waals surface area contributed by atoms with E-state index >= 15 is 0 Å². The number of aromatic amines is 1. The van der Waals surface area contributed by atoms with Gasteiger partial charge in [-0.1, -0.05) is 19.1 Å². The minimum absolute atomic E-state index is 0.107. The molecule has 1 fully saturated rings. The molecule has 1 aliphatic heterocycles. The molecule has 3 aromatic rings. The van der Waals surface area contributed by atoms with Crippen LogP contribution in [-0.4, -0.2) is 43.5 Å². The van der Waals surface area contributed by atoms with Gasteiger partial charge in [0.25, 0.3) is 21.5 Å². The Morgan fingerprint density at radius 1 is 1.22 bits per heavy atom. The Morgan fingerprint density at radius 3 is 2.61 bits per heavy atom. The molecule has 2 N–H and O–H groups in total. The summed E-state index contributed by atoms with van der Waals surface area (Å²) in [5, 5.41) is 0. The molecule has 1 amide bonds. The molecule has 0 radical (unpaired) electrons. The molecule has 1 aromatic carbocycles. The lowest BCUT2D eigenvalue weighted by Crippen LogP contribution is -2.41. The van der Waals surface area contributed by atoms with E-state index in [-0.39, 0.29) is 11.1 Å². The van der Waals surface area contributed by atoms with Crippen LogP contribution in [0.1, 0.15) is 43.1 Å². The van der Waals surface area contributed by atoms with Crippen LogP contribution in [0, 0.1) is 12.8 Å². The maximum atomic E-state index is 13.3. The van der Waals surface area contributed by atoms with Crippen LogP contribution in [0.5, 0.6) is 5.75 Å². The van der Waals surface area contributed by atoms with E-state index < -0.39 is 26.4 Å². The summed E-state index contributed by atoms with van der Waals surface area (Å²) in [6.45, 7) is 8.87. The minimum atomic E-state index is -4.40. The van der Waals surface area contributed by atoms with Crippen LogP contribution in [0.25, 0.3) is 11.3 Å². The fourth-order valence-electron chi connectivity index (χ4n) is 4.78. The summed E-state index contributed by atoms with van der Waals surface area (Å²) in [7, 11) is -2.80. The minimum Gasteiger partial charge on any atom is -0.496 e. The standard InChI is InChI=1S/C26H30N4O5S/c1-16-14-26(3,4)30(15-16)23-19(24(31)29-36(33,34)22-7-6-12-27-25(22)32)10-11-20(28-23)18-9-8-17(2)21(13-18)35-5/h6-13,16H,14-15H2,1-5H3,(H,27,32)(H,29,31)/t16-/m0/s1. The number of sulfonamides is 1. The molecule has 0 saturated carbocycles. The predicted molar refractivity (Wildman–Crippen MR) is 138 cm³/mol. The zero-order valence-corrected chi connectivity index (χ0v) is 21.8. The van der Waals surface area contributed by atoms with E-state index in [9.17, 15) is 18.0 Å². The number of amides is 1. The van der Waals surface area contributed by atoms with Crippen molar-refractivity contribution in [1.29, 1.82) is 0 Å². The highest BCUT2D eigenvalue weighted by molar-refractivity contribution is 7.90. The second-order valence-corrected chi connectivity index (χ2v) is 11.4. The number of anilines is 1. The molecule has 1 aliphatic rings. The smallest absolute Gasteiger partial charge is 0.269 e. The first kappa shape index (κ1) is 25.4. The van der Waals surface area contributed by atoms with Crippen LogP contribution in [-0.2, 0) is 10.0 Å². The highest BCUT2D eigenvalue weighted by Gasteiger charge is 2.39. The van der Waals surface area contributed by atoms with Gasteiger partial charge in [0.1, 0.15) is 11.6 Å². The molecule has 0 unspecified atom stereocenters. The van der Waals surface area contributed by atoms with Crippen molar-refractivity contribution < 1.29 is 17.9 Å². The summed E-state index contributed by atoms with van der Waals surface area (Å²) >= 11 is 0. The lowest BCUT2D eigenvalue weighted by Gasteiger charge is -2.34. The molecule has 36 heavy (non-hydrogen) atoms. The number of aromatic nitrogens is 2. The summed E-state index contributed by atoms with van der Waals surface area (Å²) in [4.78, 5) is 34.0. The number of rotatable bonds is 6. The van der Waals surface area contributed by atoms with E-state index in [4.69, 9.17) is 9.72 Å². The highest BCUT2D eigenvalue weighted by Crippen LogP contribution is 2.38. The molecule has 4 rings (SSSR count). The van der Waals surface area contributed by atoms with Crippen LogP contribution < -0.4 is 19.9 Å². The van der Waals surface area contributed by atoms with Crippen molar-refractivity contribution in [2.45, 2.75) is 44.6 Å². The van der Waals surface area contributed by atoms with E-state index in [0.717, 1.165) is 23.6 Å². The number of H-pyrrole nitrogens is 1. The molecule has 1 saturated heterocycles. The molecule has 1 atom stereocenters. The van der Waals surface area contributed by atoms with E-state index in [1.54, 1.807) is 19.2 Å². The number of benzene rings is 1. The van der Waals surface area contributed by atoms with Crippen molar-refractivity contribution in [1.82, 2.24) is 14.7 Å². The molecule has 190 valence electrons. The Morgan fingerprint density at radius 2 is 1.97 bits per heavy atom. The van der Waals surface area contributed by atoms with Gasteiger partial charge in [-0.3, -0.25) is 9.59 Å². The van der Waals surface area contributed by atoms with Crippen molar-refractivity contribution in [3.05, 3.63) is 70.1 Å². The average Bonchev–Trinajstić information content (AvgIpc) is 3.10. The van der Waals surface area contributed by atoms with Gasteiger partial charge >= 0.3 is 0 Å². The summed E-state index contributed by atoms with van der Waals surface area (Å²) in [5.41, 5.74) is 1.40. The van der Waals surface area contributed by atoms with Crippen LogP contribution >= 0.6 is 0 Å². The molecule has 3 heterocycles. The average molecular weight is 511 g/mol. The number of hydrogen-bond acceptors (Lipinski definition) is 7. The number of ether oxygens (including phenoxy) is 1. The van der Waals surface area contributed by atoms with Gasteiger partial charge in [-0.15, -0.1) is 0 Å². The normalized spacial score (nSPS) is 17.1. The second kappa shape index (κ2) is 9.42. The fourth-order valence-corrected chi connectivity index (χ4v) is 5.81. The number of aryl methyl sites for hydroxylation is 1. The van der Waals surface area contributed by atoms with E-state index in [0.29, 0.717) is 29.7 Å². The lowest BCUT2D eigenvalue weighted by atomic mass is 9.97. The summed E-state index contributed by atoms with van der Waals surface area (Å²) in [5.74, 6) is 0.597. The first-order valence-electron chi connectivity index (χ1n) is 11.6. The number of pyridine rings is 2. The number of nitrogens with one attached hydrogen (secondary N) is 2. The van der Waals surface area contributed by atoms with E-state index in [1.165, 1.54) is 12.3 Å². The molecule has 0 spiro atoms. The van der Waals surface area contributed by atoms with Gasteiger partial charge in [0.2, 0.25) is 0 Å². The third kappa shape index (κ3) is 4.86. The van der Waals surface area contributed by atoms with E-state index in [2.05, 4.69) is 25.8 Å². The third-order valence-electron chi connectivity index (χ3n) is 6.45. The van der Waals surface area contributed by atoms with Gasteiger partial charge < -0.3 is 14.6 Å². The van der Waals surface area contributed by atoms with Crippen molar-refractivity contribution >= 4 is 21.7 Å². The molecular weight excluding hydrogens is 480 g/mol. The monoisotopic (exact) mass is 510 g/mol. The molecule has 2 aromatic heterocycles. The first-order chi connectivity index (χ1) is 16.9. The summed E-state index contributed by atoms with van der Waals surface area (Å²) in [6, 6.07) is 11.5. The lowest BCUT2D eigenvalue weighted by molar-refractivity contribution is 0.0981. The Hall–Kier alpha value is -3.66. The van der Waals surface area contributed by atoms with Gasteiger partial charge in [-0.05, 0) is 69.0 Å². The maximum absolute atomic E-state index is 13.3. The molecule has 0 bridgehead atoms. The summed E-state index contributed by atoms with van der Waals surface area (Å²) in [6.07, 6.45) is 2.20. The number of nitrogens with zero attached hydrogens (tertiary/aromatic N) is 2. The van der Waals surface area contributed by atoms with Gasteiger partial charge in [-0.25, -0.2) is 18.1 Å². The number of methoxy groups -OCH3 is 1. The number of carbonyl (C=O) groups is 1. The fraction of sp³-hybridized carbons (Fsp3) is 0.346. The van der Waals surface area contributed by atoms with Crippen molar-refractivity contribution in [3.8, 4) is 17.0 Å². The quantitative estimate of drug-likeness (QED) is 0.521. The van der Waals surface area contributed by atoms with E-state index in [1.807, 2.05) is 34.7 Å². The maximum Gasteiger partial charge on any atom is 0.269 e. The highest BCUT2D eigenvalue weighted by atomic mass is 32.2. The molecule has 9 nitrogen and oxygen atoms in total. The van der Waals surface area contributed by atoms with Gasteiger partial charge in [0.05, 0.1) is 18.4 Å². The molecule has 10 heteroatoms. The Kier molecular flexibility index (Phi) is 6.66. The topological polar surface area (TPSA) is 121 Å². The van der Waals surface area contributed by atoms with Crippen LogP contribution in [0.3, 0.4) is 0 Å². The second-order valence-electron chi connectivity index (χ2n) is 9.78. The summed E-state index contributed by atoms with van der Waals surface area (Å²) < 4.78 is 33.2.